The Balaban J connectivity index is 2.80. The molecule has 1 aromatic heterocycles. The standard InChI is InChI=1S/C12H10BrClO3/c1-5-3-8-10(6(2)11(5)14)7(4-9(15)16)12(13)17-8/h3H,4H2,1-2H3,(H,15,16). The van der Waals surface area contributed by atoms with Gasteiger partial charge in [-0.15, -0.1) is 0 Å². The molecule has 0 spiro atoms. The number of carbonyl (C=O) groups is 1. The van der Waals surface area contributed by atoms with Gasteiger partial charge in [0, 0.05) is 16.0 Å². The molecule has 1 N–H and O–H groups in total. The second-order valence-electron chi connectivity index (χ2n) is 3.93. The number of fused-ring (bicyclic) bond motifs is 1. The van der Waals surface area contributed by atoms with E-state index in [1.54, 1.807) is 0 Å². The molecule has 0 bridgehead atoms. The van der Waals surface area contributed by atoms with Gasteiger partial charge in [0.05, 0.1) is 6.42 Å². The first-order valence-electron chi connectivity index (χ1n) is 5.00. The lowest BCUT2D eigenvalue weighted by molar-refractivity contribution is -0.136. The smallest absolute Gasteiger partial charge is 0.308 e. The molecule has 5 heteroatoms. The summed E-state index contributed by atoms with van der Waals surface area (Å²) in [6, 6.07) is 1.82. The summed E-state index contributed by atoms with van der Waals surface area (Å²) in [5.41, 5.74) is 3.06. The van der Waals surface area contributed by atoms with Crippen molar-refractivity contribution >= 4 is 44.5 Å². The zero-order valence-electron chi connectivity index (χ0n) is 9.30. The monoisotopic (exact) mass is 316 g/mol. The number of carboxylic acid groups (broad SMARTS) is 1. The SMILES string of the molecule is Cc1cc2oc(Br)c(CC(=O)O)c2c(C)c1Cl. The van der Waals surface area contributed by atoms with Gasteiger partial charge >= 0.3 is 5.97 Å². The van der Waals surface area contributed by atoms with E-state index in [0.29, 0.717) is 20.8 Å². The highest BCUT2D eigenvalue weighted by Crippen LogP contribution is 2.37. The molecule has 1 aromatic carbocycles. The molecule has 0 aliphatic rings. The molecule has 0 fully saturated rings. The Morgan fingerprint density at radius 1 is 1.53 bits per heavy atom. The molecular formula is C12H10BrClO3. The van der Waals surface area contributed by atoms with Crippen LogP contribution in [0.1, 0.15) is 16.7 Å². The first-order valence-corrected chi connectivity index (χ1v) is 6.17. The summed E-state index contributed by atoms with van der Waals surface area (Å²) >= 11 is 9.42. The van der Waals surface area contributed by atoms with Crippen LogP contribution >= 0.6 is 27.5 Å². The van der Waals surface area contributed by atoms with E-state index in [2.05, 4.69) is 15.9 Å². The van der Waals surface area contributed by atoms with Crippen LogP contribution in [0.5, 0.6) is 0 Å². The number of aliphatic carboxylic acids is 1. The van der Waals surface area contributed by atoms with Gasteiger partial charge in [0.15, 0.2) is 4.67 Å². The van der Waals surface area contributed by atoms with Crippen LogP contribution in [0.2, 0.25) is 5.02 Å². The first kappa shape index (κ1) is 12.5. The molecule has 0 saturated heterocycles. The fourth-order valence-electron chi connectivity index (χ4n) is 1.94. The van der Waals surface area contributed by atoms with Crippen molar-refractivity contribution in [3.63, 3.8) is 0 Å². The Hall–Kier alpha value is -1.00. The Bertz CT molecular complexity index is 616. The fourth-order valence-corrected chi connectivity index (χ4v) is 2.61. The van der Waals surface area contributed by atoms with Crippen molar-refractivity contribution in [2.45, 2.75) is 20.3 Å². The van der Waals surface area contributed by atoms with E-state index in [9.17, 15) is 4.79 Å². The van der Waals surface area contributed by atoms with Crippen molar-refractivity contribution in [3.05, 3.63) is 32.4 Å². The van der Waals surface area contributed by atoms with Crippen molar-refractivity contribution in [2.24, 2.45) is 0 Å². The Labute approximate surface area is 111 Å². The lowest BCUT2D eigenvalue weighted by Crippen LogP contribution is -2.00. The maximum Gasteiger partial charge on any atom is 0.308 e. The van der Waals surface area contributed by atoms with Crippen LogP contribution in [0, 0.1) is 13.8 Å². The number of halogens is 2. The van der Waals surface area contributed by atoms with Crippen LogP contribution in [-0.4, -0.2) is 11.1 Å². The summed E-state index contributed by atoms with van der Waals surface area (Å²) < 4.78 is 5.97. The lowest BCUT2D eigenvalue weighted by atomic mass is 10.0. The molecule has 2 rings (SSSR count). The third-order valence-electron chi connectivity index (χ3n) is 2.71. The third-order valence-corrected chi connectivity index (χ3v) is 3.93. The van der Waals surface area contributed by atoms with Gasteiger partial charge in [0.25, 0.3) is 0 Å². The Morgan fingerprint density at radius 3 is 2.76 bits per heavy atom. The van der Waals surface area contributed by atoms with Crippen molar-refractivity contribution in [1.29, 1.82) is 0 Å². The maximum absolute atomic E-state index is 10.8. The van der Waals surface area contributed by atoms with Crippen molar-refractivity contribution in [2.75, 3.05) is 0 Å². The second kappa shape index (κ2) is 4.35. The molecule has 0 aliphatic carbocycles. The molecule has 0 radical (unpaired) electrons. The Morgan fingerprint density at radius 2 is 2.18 bits per heavy atom. The molecule has 1 heterocycles. The number of rotatable bonds is 2. The highest BCUT2D eigenvalue weighted by Gasteiger charge is 2.19. The molecule has 90 valence electrons. The first-order chi connectivity index (χ1) is 7.91. The average molecular weight is 318 g/mol. The van der Waals surface area contributed by atoms with Crippen LogP contribution in [0.25, 0.3) is 11.0 Å². The molecule has 0 unspecified atom stereocenters. The van der Waals surface area contributed by atoms with Crippen LogP contribution in [0.15, 0.2) is 15.2 Å². The molecule has 2 aromatic rings. The number of hydrogen-bond donors (Lipinski definition) is 1. The zero-order chi connectivity index (χ0) is 12.7. The largest absolute Gasteiger partial charge is 0.481 e. The summed E-state index contributed by atoms with van der Waals surface area (Å²) in [6.45, 7) is 3.76. The summed E-state index contributed by atoms with van der Waals surface area (Å²) in [4.78, 5) is 10.8. The quantitative estimate of drug-likeness (QED) is 0.907. The summed E-state index contributed by atoms with van der Waals surface area (Å²) in [6.07, 6.45) is -0.0895. The van der Waals surface area contributed by atoms with E-state index in [1.165, 1.54) is 0 Å². The molecule has 0 saturated carbocycles. The maximum atomic E-state index is 10.8. The molecular weight excluding hydrogens is 307 g/mol. The van der Waals surface area contributed by atoms with Crippen molar-refractivity contribution < 1.29 is 14.3 Å². The summed E-state index contributed by atoms with van der Waals surface area (Å²) in [5.74, 6) is -0.899. The average Bonchev–Trinajstić information content (AvgIpc) is 2.51. The number of aryl methyl sites for hydroxylation is 2. The van der Waals surface area contributed by atoms with Gasteiger partial charge in [-0.1, -0.05) is 11.6 Å². The van der Waals surface area contributed by atoms with E-state index in [4.69, 9.17) is 21.1 Å². The Kier molecular flexibility index (Phi) is 3.19. The molecule has 17 heavy (non-hydrogen) atoms. The van der Waals surface area contributed by atoms with E-state index in [1.807, 2.05) is 19.9 Å². The van der Waals surface area contributed by atoms with E-state index in [0.717, 1.165) is 16.5 Å². The molecule has 0 amide bonds. The van der Waals surface area contributed by atoms with Crippen LogP contribution < -0.4 is 0 Å². The van der Waals surface area contributed by atoms with Crippen LogP contribution in [0.3, 0.4) is 0 Å². The normalized spacial score (nSPS) is 11.1. The third kappa shape index (κ3) is 2.07. The minimum absolute atomic E-state index is 0.0895. The topological polar surface area (TPSA) is 50.4 Å². The predicted octanol–water partition coefficient (Wildman–Crippen LogP) is 4.09. The van der Waals surface area contributed by atoms with Gasteiger partial charge in [0.2, 0.25) is 0 Å². The predicted molar refractivity (Wildman–Crippen MR) is 69.7 cm³/mol. The molecule has 0 atom stereocenters. The van der Waals surface area contributed by atoms with Gasteiger partial charge in [-0.05, 0) is 47.0 Å². The van der Waals surface area contributed by atoms with E-state index < -0.39 is 5.97 Å². The van der Waals surface area contributed by atoms with Gasteiger partial charge < -0.3 is 9.52 Å². The minimum Gasteiger partial charge on any atom is -0.481 e. The van der Waals surface area contributed by atoms with Gasteiger partial charge in [0.1, 0.15) is 5.58 Å². The number of carboxylic acids is 1. The van der Waals surface area contributed by atoms with Crippen molar-refractivity contribution in [3.8, 4) is 0 Å². The molecule has 0 aliphatic heterocycles. The number of furan rings is 1. The van der Waals surface area contributed by atoms with Crippen LogP contribution in [-0.2, 0) is 11.2 Å². The van der Waals surface area contributed by atoms with E-state index >= 15 is 0 Å². The second-order valence-corrected chi connectivity index (χ2v) is 5.03. The summed E-state index contributed by atoms with van der Waals surface area (Å²) in [5, 5.41) is 10.3. The van der Waals surface area contributed by atoms with Gasteiger partial charge in [-0.25, -0.2) is 0 Å². The lowest BCUT2D eigenvalue weighted by Gasteiger charge is -2.04. The number of benzene rings is 1. The van der Waals surface area contributed by atoms with Crippen molar-refractivity contribution in [1.82, 2.24) is 0 Å². The summed E-state index contributed by atoms with van der Waals surface area (Å²) in [7, 11) is 0. The van der Waals surface area contributed by atoms with Gasteiger partial charge in [-0.3, -0.25) is 4.79 Å². The van der Waals surface area contributed by atoms with Gasteiger partial charge in [-0.2, -0.15) is 0 Å². The highest BCUT2D eigenvalue weighted by atomic mass is 79.9. The van der Waals surface area contributed by atoms with Crippen LogP contribution in [0.4, 0.5) is 0 Å². The van der Waals surface area contributed by atoms with E-state index in [-0.39, 0.29) is 6.42 Å². The number of hydrogen-bond acceptors (Lipinski definition) is 2. The molecule has 3 nitrogen and oxygen atoms in total. The highest BCUT2D eigenvalue weighted by molar-refractivity contribution is 9.10. The fraction of sp³-hybridized carbons (Fsp3) is 0.250. The zero-order valence-corrected chi connectivity index (χ0v) is 11.6. The minimum atomic E-state index is -0.899.